The molecule has 0 bridgehead atoms. The van der Waals surface area contributed by atoms with Gasteiger partial charge in [-0.15, -0.1) is 0 Å². The molecule has 3 unspecified atom stereocenters. The van der Waals surface area contributed by atoms with Gasteiger partial charge in [0.1, 0.15) is 13.2 Å². The number of nitrogens with zero attached hydrogens (tertiary/aromatic N) is 1. The fraction of sp³-hybridized carbons (Fsp3) is 0.766. The molecule has 0 aromatic carbocycles. The summed E-state index contributed by atoms with van der Waals surface area (Å²) in [4.78, 5) is 25.6. The van der Waals surface area contributed by atoms with Crippen molar-refractivity contribution in [1.82, 2.24) is 5.32 Å². The molecular weight excluding hydrogens is 924 g/mol. The van der Waals surface area contributed by atoms with Crippen molar-refractivity contribution in [3.8, 4) is 0 Å². The minimum Gasteiger partial charge on any atom is -0.756 e. The van der Waals surface area contributed by atoms with Gasteiger partial charge in [0.25, 0.3) is 7.82 Å². The molecule has 1 amide bonds. The third-order valence-corrected chi connectivity index (χ3v) is 14.4. The lowest BCUT2D eigenvalue weighted by Gasteiger charge is -2.30. The van der Waals surface area contributed by atoms with E-state index in [1.807, 2.05) is 21.1 Å². The highest BCUT2D eigenvalue weighted by Crippen LogP contribution is 2.38. The molecule has 0 spiro atoms. The van der Waals surface area contributed by atoms with E-state index in [0.29, 0.717) is 23.9 Å². The van der Waals surface area contributed by atoms with Crippen LogP contribution < -0.4 is 10.2 Å². The Balaban J connectivity index is 4.12. The summed E-state index contributed by atoms with van der Waals surface area (Å²) in [5.41, 5.74) is 0. The number of amides is 1. The van der Waals surface area contributed by atoms with Crippen LogP contribution in [0.1, 0.15) is 264 Å². The molecule has 0 aromatic rings. The van der Waals surface area contributed by atoms with Crippen molar-refractivity contribution >= 4 is 13.7 Å². The van der Waals surface area contributed by atoms with Crippen LogP contribution in [0.4, 0.5) is 0 Å². The zero-order chi connectivity index (χ0) is 53.5. The number of nitrogens with one attached hydrogen (secondary N) is 1. The number of carbonyl (C=O) groups is 1. The molecule has 2 N–H and O–H groups in total. The Morgan fingerprint density at radius 2 is 0.836 bits per heavy atom. The molecule has 0 radical (unpaired) electrons. The quantitative estimate of drug-likeness (QED) is 0.0272. The maximum atomic E-state index is 13.0. The first-order valence-corrected chi connectivity index (χ1v) is 31.9. The Morgan fingerprint density at radius 1 is 0.493 bits per heavy atom. The molecule has 0 aliphatic carbocycles. The van der Waals surface area contributed by atoms with Crippen LogP contribution in [0.5, 0.6) is 0 Å². The van der Waals surface area contributed by atoms with Crippen LogP contribution in [-0.4, -0.2) is 68.5 Å². The van der Waals surface area contributed by atoms with Crippen LogP contribution >= 0.6 is 7.82 Å². The molecule has 0 aliphatic rings. The zero-order valence-corrected chi connectivity index (χ0v) is 49.2. The third-order valence-electron chi connectivity index (χ3n) is 13.4. The van der Waals surface area contributed by atoms with Gasteiger partial charge < -0.3 is 28.8 Å². The molecule has 0 aromatic heterocycles. The van der Waals surface area contributed by atoms with E-state index in [9.17, 15) is 19.4 Å². The standard InChI is InChI=1S/C64H117N2O6P/c1-6-8-10-12-14-16-18-20-22-24-26-27-28-29-30-31-32-33-34-35-36-37-38-39-40-42-44-46-48-50-52-54-56-58-64(68)65-62(61-72-73(69,70)71-60-59-66(3,4)5)63(67)57-55-53-51-49-47-45-43-41-25-23-21-19-17-15-13-11-9-7-2/h8,10,14,16,20,22,26-27,29-30,32-33,35-36,62-63,67H,6-7,9,11-13,15,17-19,21,23-25,28,31,34,37-61H2,1-5H3,(H-,65,68,69,70)/b10-8-,16-14-,22-20-,27-26-,30-29-,33-32-,36-35-. The molecule has 0 fully saturated rings. The molecule has 73 heavy (non-hydrogen) atoms. The van der Waals surface area contributed by atoms with Crippen molar-refractivity contribution in [2.45, 2.75) is 276 Å². The van der Waals surface area contributed by atoms with Crippen LogP contribution in [0.15, 0.2) is 85.1 Å². The molecule has 0 aliphatic heterocycles. The zero-order valence-electron chi connectivity index (χ0n) is 48.3. The number of hydrogen-bond acceptors (Lipinski definition) is 6. The molecule has 424 valence electrons. The summed E-state index contributed by atoms with van der Waals surface area (Å²) in [6, 6.07) is -0.807. The highest BCUT2D eigenvalue weighted by Gasteiger charge is 2.24. The number of unbranched alkanes of at least 4 members (excludes halogenated alkanes) is 28. The second-order valence-electron chi connectivity index (χ2n) is 21.7. The van der Waals surface area contributed by atoms with E-state index in [2.05, 4.69) is 104 Å². The van der Waals surface area contributed by atoms with Crippen LogP contribution in [0, 0.1) is 0 Å². The maximum absolute atomic E-state index is 13.0. The number of phosphoric acid groups is 1. The molecule has 0 heterocycles. The van der Waals surface area contributed by atoms with Crippen LogP contribution in [0.3, 0.4) is 0 Å². The predicted octanol–water partition coefficient (Wildman–Crippen LogP) is 18.2. The Kier molecular flexibility index (Phi) is 52.7. The normalized spacial score (nSPS) is 14.5. The van der Waals surface area contributed by atoms with Gasteiger partial charge in [-0.1, -0.05) is 272 Å². The topological polar surface area (TPSA) is 108 Å². The average Bonchev–Trinajstić information content (AvgIpc) is 3.35. The van der Waals surface area contributed by atoms with E-state index in [4.69, 9.17) is 9.05 Å². The molecule has 8 nitrogen and oxygen atoms in total. The third kappa shape index (κ3) is 57.2. The number of rotatable bonds is 55. The fourth-order valence-electron chi connectivity index (χ4n) is 8.67. The molecule has 0 rings (SSSR count). The number of phosphoric ester groups is 1. The highest BCUT2D eigenvalue weighted by atomic mass is 31.2. The molecule has 9 heteroatoms. The first-order chi connectivity index (χ1) is 35.5. The van der Waals surface area contributed by atoms with Gasteiger partial charge in [0.2, 0.25) is 5.91 Å². The van der Waals surface area contributed by atoms with Crippen LogP contribution in [0.25, 0.3) is 0 Å². The molecule has 0 saturated carbocycles. The first-order valence-electron chi connectivity index (χ1n) is 30.4. The monoisotopic (exact) mass is 1040 g/mol. The highest BCUT2D eigenvalue weighted by molar-refractivity contribution is 7.45. The Bertz CT molecular complexity index is 1460. The summed E-state index contributed by atoms with van der Waals surface area (Å²) < 4.78 is 23.4. The van der Waals surface area contributed by atoms with Gasteiger partial charge >= 0.3 is 0 Å². The van der Waals surface area contributed by atoms with Crippen molar-refractivity contribution in [2.75, 3.05) is 40.9 Å². The summed E-state index contributed by atoms with van der Waals surface area (Å²) in [7, 11) is 1.30. The summed E-state index contributed by atoms with van der Waals surface area (Å²) in [6.07, 6.45) is 76.2. The van der Waals surface area contributed by atoms with Crippen molar-refractivity contribution in [3.05, 3.63) is 85.1 Å². The number of aliphatic hydroxyl groups is 1. The number of likely N-dealkylation sites (N-methyl/N-ethyl adjacent to an activating group) is 1. The number of carbonyl (C=O) groups excluding carboxylic acids is 1. The van der Waals surface area contributed by atoms with Gasteiger partial charge in [0.05, 0.1) is 39.9 Å². The van der Waals surface area contributed by atoms with Crippen molar-refractivity contribution < 1.29 is 32.9 Å². The Hall–Kier alpha value is -2.32. The number of hydrogen-bond donors (Lipinski definition) is 2. The Morgan fingerprint density at radius 3 is 1.22 bits per heavy atom. The van der Waals surface area contributed by atoms with Gasteiger partial charge in [-0.05, 0) is 70.6 Å². The van der Waals surface area contributed by atoms with E-state index in [1.54, 1.807) is 0 Å². The van der Waals surface area contributed by atoms with Gasteiger partial charge in [-0.25, -0.2) is 0 Å². The first kappa shape index (κ1) is 70.7. The van der Waals surface area contributed by atoms with E-state index >= 15 is 0 Å². The van der Waals surface area contributed by atoms with Crippen LogP contribution in [0.2, 0.25) is 0 Å². The van der Waals surface area contributed by atoms with E-state index < -0.39 is 20.0 Å². The second kappa shape index (κ2) is 54.5. The second-order valence-corrected chi connectivity index (χ2v) is 23.1. The number of allylic oxidation sites excluding steroid dienone is 14. The minimum absolute atomic E-state index is 0.00884. The summed E-state index contributed by atoms with van der Waals surface area (Å²) in [5.74, 6) is -0.169. The van der Waals surface area contributed by atoms with E-state index in [0.717, 1.165) is 83.5 Å². The number of aliphatic hydroxyl groups excluding tert-OH is 1. The molecule has 3 atom stereocenters. The lowest BCUT2D eigenvalue weighted by molar-refractivity contribution is -0.870. The van der Waals surface area contributed by atoms with E-state index in [1.165, 1.54) is 154 Å². The smallest absolute Gasteiger partial charge is 0.268 e. The average molecular weight is 1040 g/mol. The van der Waals surface area contributed by atoms with Crippen molar-refractivity contribution in [2.24, 2.45) is 0 Å². The largest absolute Gasteiger partial charge is 0.756 e. The van der Waals surface area contributed by atoms with Gasteiger partial charge in [0, 0.05) is 6.42 Å². The predicted molar refractivity (Wildman–Crippen MR) is 316 cm³/mol. The summed E-state index contributed by atoms with van der Waals surface area (Å²) >= 11 is 0. The van der Waals surface area contributed by atoms with Crippen LogP contribution in [-0.2, 0) is 18.4 Å². The molecular formula is C64H117N2O6P. The fourth-order valence-corrected chi connectivity index (χ4v) is 9.39. The minimum atomic E-state index is -4.58. The Labute approximate surface area is 452 Å². The summed E-state index contributed by atoms with van der Waals surface area (Å²) in [5, 5.41) is 14.0. The number of quaternary nitrogens is 1. The van der Waals surface area contributed by atoms with Crippen molar-refractivity contribution in [3.63, 3.8) is 0 Å². The SMILES string of the molecule is CC/C=C\C/C=C\C/C=C\C/C=C\C/C=C\C/C=C\C/C=C\CCCCCCCCCCCCCC(=O)NC(COP(=O)([O-])OCC[N+](C)(C)C)C(O)CCCCCCCCCCCCCCCCCCCC. The van der Waals surface area contributed by atoms with Gasteiger partial charge in [-0.2, -0.15) is 0 Å². The lowest BCUT2D eigenvalue weighted by atomic mass is 10.0. The lowest BCUT2D eigenvalue weighted by Crippen LogP contribution is -2.46. The molecule has 0 saturated heterocycles. The summed E-state index contributed by atoms with van der Waals surface area (Å²) in [6.45, 7) is 4.62. The van der Waals surface area contributed by atoms with Gasteiger partial charge in [0.15, 0.2) is 0 Å². The van der Waals surface area contributed by atoms with Gasteiger partial charge in [-0.3, -0.25) is 9.36 Å². The maximum Gasteiger partial charge on any atom is 0.268 e. The van der Waals surface area contributed by atoms with Crippen molar-refractivity contribution in [1.29, 1.82) is 0 Å². The van der Waals surface area contributed by atoms with E-state index in [-0.39, 0.29) is 19.1 Å².